The molecule has 0 N–H and O–H groups in total. The molecule has 0 saturated carbocycles. The fraction of sp³-hybridized carbons (Fsp3) is 0.529. The molecule has 2 aliphatic heterocycles. The summed E-state index contributed by atoms with van der Waals surface area (Å²) < 4.78 is 7.27. The number of hydrogen-bond donors (Lipinski definition) is 0. The van der Waals surface area contributed by atoms with Gasteiger partial charge in [0, 0.05) is 32.4 Å². The molecule has 4 rings (SSSR count). The van der Waals surface area contributed by atoms with Crippen LogP contribution in [0.15, 0.2) is 31.0 Å². The van der Waals surface area contributed by atoms with Crippen LogP contribution in [-0.2, 0) is 4.74 Å². The van der Waals surface area contributed by atoms with Gasteiger partial charge in [0.2, 0.25) is 0 Å². The Bertz CT molecular complexity index is 714. The van der Waals surface area contributed by atoms with Gasteiger partial charge in [-0.15, -0.1) is 0 Å². The zero-order valence-corrected chi connectivity index (χ0v) is 14.1. The second kappa shape index (κ2) is 7.18. The van der Waals surface area contributed by atoms with Crippen LogP contribution < -0.4 is 4.90 Å². The molecule has 0 bridgehead atoms. The maximum atomic E-state index is 13.2. The number of rotatable bonds is 3. The number of morpholine rings is 1. The Kier molecular flexibility index (Phi) is 4.60. The summed E-state index contributed by atoms with van der Waals surface area (Å²) in [6, 6.07) is 3.89. The van der Waals surface area contributed by atoms with Gasteiger partial charge in [-0.1, -0.05) is 0 Å². The largest absolute Gasteiger partial charge is 0.378 e. The molecule has 8 heteroatoms. The maximum absolute atomic E-state index is 13.2. The van der Waals surface area contributed by atoms with E-state index >= 15 is 0 Å². The first kappa shape index (κ1) is 16.0. The van der Waals surface area contributed by atoms with Crippen LogP contribution in [0, 0.1) is 0 Å². The molecule has 0 aromatic carbocycles. The van der Waals surface area contributed by atoms with E-state index in [1.807, 2.05) is 21.7 Å². The molecular formula is C17H22N6O2. The molecule has 4 heterocycles. The number of carbonyl (C=O) groups is 1. The standard InChI is InChI=1S/C17H22N6O2/c24-17(22-6-2-3-14(11-22)23-13-18-12-20-23)15-4-1-5-19-16(15)21-7-9-25-10-8-21/h1,4-5,12-14H,2-3,6-11H2/t14-/m1/s1. The minimum atomic E-state index is 0.0411. The zero-order valence-electron chi connectivity index (χ0n) is 14.1. The summed E-state index contributed by atoms with van der Waals surface area (Å²) in [5, 5.41) is 4.23. The summed E-state index contributed by atoms with van der Waals surface area (Å²) in [5.41, 5.74) is 0.670. The summed E-state index contributed by atoms with van der Waals surface area (Å²) >= 11 is 0. The minimum Gasteiger partial charge on any atom is -0.378 e. The Hall–Kier alpha value is -2.48. The van der Waals surface area contributed by atoms with Crippen molar-refractivity contribution in [3.05, 3.63) is 36.5 Å². The maximum Gasteiger partial charge on any atom is 0.257 e. The van der Waals surface area contributed by atoms with Crippen LogP contribution in [-0.4, -0.2) is 69.9 Å². The number of anilines is 1. The van der Waals surface area contributed by atoms with Gasteiger partial charge in [-0.25, -0.2) is 14.6 Å². The molecule has 1 atom stereocenters. The molecule has 0 aliphatic carbocycles. The molecule has 0 spiro atoms. The van der Waals surface area contributed by atoms with E-state index in [0.717, 1.165) is 38.3 Å². The number of carbonyl (C=O) groups excluding carboxylic acids is 1. The number of aromatic nitrogens is 4. The van der Waals surface area contributed by atoms with E-state index < -0.39 is 0 Å². The Morgan fingerprint density at radius 1 is 1.24 bits per heavy atom. The first-order valence-corrected chi connectivity index (χ1v) is 8.74. The number of amides is 1. The highest BCUT2D eigenvalue weighted by molar-refractivity contribution is 5.99. The second-order valence-corrected chi connectivity index (χ2v) is 6.40. The lowest BCUT2D eigenvalue weighted by Gasteiger charge is -2.34. The predicted molar refractivity (Wildman–Crippen MR) is 91.5 cm³/mol. The Labute approximate surface area is 146 Å². The molecule has 132 valence electrons. The molecule has 2 fully saturated rings. The number of piperidine rings is 1. The lowest BCUT2D eigenvalue weighted by atomic mass is 10.0. The summed E-state index contributed by atoms with van der Waals surface area (Å²) in [4.78, 5) is 25.7. The Morgan fingerprint density at radius 2 is 2.12 bits per heavy atom. The van der Waals surface area contributed by atoms with Gasteiger partial charge in [0.15, 0.2) is 0 Å². The van der Waals surface area contributed by atoms with E-state index in [2.05, 4.69) is 20.0 Å². The number of nitrogens with zero attached hydrogens (tertiary/aromatic N) is 6. The minimum absolute atomic E-state index is 0.0411. The van der Waals surface area contributed by atoms with Crippen molar-refractivity contribution in [3.63, 3.8) is 0 Å². The van der Waals surface area contributed by atoms with Gasteiger partial charge in [0.25, 0.3) is 5.91 Å². The van der Waals surface area contributed by atoms with E-state index in [-0.39, 0.29) is 11.9 Å². The third-order valence-corrected chi connectivity index (χ3v) is 4.82. The molecule has 2 aliphatic rings. The van der Waals surface area contributed by atoms with Crippen LogP contribution in [0.4, 0.5) is 5.82 Å². The zero-order chi connectivity index (χ0) is 17.1. The summed E-state index contributed by atoms with van der Waals surface area (Å²) in [6.45, 7) is 4.28. The van der Waals surface area contributed by atoms with Gasteiger partial charge in [-0.05, 0) is 25.0 Å². The van der Waals surface area contributed by atoms with Crippen molar-refractivity contribution >= 4 is 11.7 Å². The Balaban J connectivity index is 1.54. The molecule has 0 radical (unpaired) electrons. The quantitative estimate of drug-likeness (QED) is 0.828. The third kappa shape index (κ3) is 3.34. The van der Waals surface area contributed by atoms with Crippen molar-refractivity contribution in [2.75, 3.05) is 44.3 Å². The molecule has 25 heavy (non-hydrogen) atoms. The number of ether oxygens (including phenoxy) is 1. The van der Waals surface area contributed by atoms with E-state index in [4.69, 9.17) is 4.74 Å². The van der Waals surface area contributed by atoms with Crippen LogP contribution in [0.1, 0.15) is 29.2 Å². The lowest BCUT2D eigenvalue weighted by Crippen LogP contribution is -2.42. The van der Waals surface area contributed by atoms with Gasteiger partial charge in [0.1, 0.15) is 18.5 Å². The van der Waals surface area contributed by atoms with Crippen LogP contribution >= 0.6 is 0 Å². The molecule has 2 saturated heterocycles. The van der Waals surface area contributed by atoms with E-state index in [1.165, 1.54) is 0 Å². The normalized spacial score (nSPS) is 21.4. The highest BCUT2D eigenvalue weighted by atomic mass is 16.5. The molecule has 1 amide bonds. The molecule has 2 aromatic heterocycles. The molecule has 2 aromatic rings. The van der Waals surface area contributed by atoms with Gasteiger partial charge >= 0.3 is 0 Å². The summed E-state index contributed by atoms with van der Waals surface area (Å²) in [5.74, 6) is 0.804. The molecule has 0 unspecified atom stereocenters. The lowest BCUT2D eigenvalue weighted by molar-refractivity contribution is 0.0672. The highest BCUT2D eigenvalue weighted by Crippen LogP contribution is 2.25. The van der Waals surface area contributed by atoms with Crippen molar-refractivity contribution in [1.29, 1.82) is 0 Å². The van der Waals surface area contributed by atoms with E-state index in [1.54, 1.807) is 18.9 Å². The first-order valence-electron chi connectivity index (χ1n) is 8.74. The fourth-order valence-corrected chi connectivity index (χ4v) is 3.52. The molecular weight excluding hydrogens is 320 g/mol. The van der Waals surface area contributed by atoms with Crippen LogP contribution in [0.5, 0.6) is 0 Å². The SMILES string of the molecule is O=C(c1cccnc1N1CCOCC1)N1CCC[C@@H](n2cncn2)C1. The van der Waals surface area contributed by atoms with Gasteiger partial charge in [-0.3, -0.25) is 4.79 Å². The highest BCUT2D eigenvalue weighted by Gasteiger charge is 2.28. The predicted octanol–water partition coefficient (Wildman–Crippen LogP) is 0.987. The fourth-order valence-electron chi connectivity index (χ4n) is 3.52. The van der Waals surface area contributed by atoms with Crippen molar-refractivity contribution in [2.45, 2.75) is 18.9 Å². The third-order valence-electron chi connectivity index (χ3n) is 4.82. The van der Waals surface area contributed by atoms with Crippen LogP contribution in [0.25, 0.3) is 0 Å². The average Bonchev–Trinajstić information content (AvgIpc) is 3.23. The van der Waals surface area contributed by atoms with Crippen molar-refractivity contribution in [1.82, 2.24) is 24.6 Å². The number of likely N-dealkylation sites (tertiary alicyclic amines) is 1. The van der Waals surface area contributed by atoms with E-state index in [0.29, 0.717) is 25.3 Å². The van der Waals surface area contributed by atoms with Gasteiger partial charge in [0.05, 0.1) is 24.8 Å². The van der Waals surface area contributed by atoms with Crippen molar-refractivity contribution in [3.8, 4) is 0 Å². The smallest absolute Gasteiger partial charge is 0.257 e. The van der Waals surface area contributed by atoms with Gasteiger partial charge in [-0.2, -0.15) is 5.10 Å². The van der Waals surface area contributed by atoms with Crippen molar-refractivity contribution < 1.29 is 9.53 Å². The summed E-state index contributed by atoms with van der Waals surface area (Å²) in [6.07, 6.45) is 6.98. The average molecular weight is 342 g/mol. The molecule has 8 nitrogen and oxygen atoms in total. The van der Waals surface area contributed by atoms with E-state index in [9.17, 15) is 4.79 Å². The van der Waals surface area contributed by atoms with Crippen molar-refractivity contribution in [2.24, 2.45) is 0 Å². The number of pyridine rings is 1. The Morgan fingerprint density at radius 3 is 2.92 bits per heavy atom. The van der Waals surface area contributed by atoms with Crippen LogP contribution in [0.3, 0.4) is 0 Å². The number of hydrogen-bond acceptors (Lipinski definition) is 6. The monoisotopic (exact) mass is 342 g/mol. The van der Waals surface area contributed by atoms with Gasteiger partial charge < -0.3 is 14.5 Å². The van der Waals surface area contributed by atoms with Crippen LogP contribution in [0.2, 0.25) is 0 Å². The first-order chi connectivity index (χ1) is 12.3. The summed E-state index contributed by atoms with van der Waals surface area (Å²) in [7, 11) is 0. The topological polar surface area (TPSA) is 76.4 Å². The second-order valence-electron chi connectivity index (χ2n) is 6.40.